The molecule has 3 heterocycles. The first-order valence-electron chi connectivity index (χ1n) is 8.29. The quantitative estimate of drug-likeness (QED) is 0.566. The lowest BCUT2D eigenvalue weighted by Gasteiger charge is -2.09. The van der Waals surface area contributed by atoms with Gasteiger partial charge in [-0.05, 0) is 44.2 Å². The average molecular weight is 379 g/mol. The Kier molecular flexibility index (Phi) is 4.12. The number of pyridine rings is 1. The average Bonchev–Trinajstić information content (AvgIpc) is 3.02. The molecule has 27 heavy (non-hydrogen) atoms. The number of sulfonamides is 1. The van der Waals surface area contributed by atoms with Crippen molar-refractivity contribution in [1.29, 1.82) is 0 Å². The number of benzene rings is 1. The van der Waals surface area contributed by atoms with E-state index in [4.69, 9.17) is 0 Å². The third-order valence-electron chi connectivity index (χ3n) is 4.17. The maximum atomic E-state index is 12.5. The molecule has 0 amide bonds. The van der Waals surface area contributed by atoms with Crippen LogP contribution < -0.4 is 4.72 Å². The van der Waals surface area contributed by atoms with Gasteiger partial charge in [0.05, 0.1) is 5.69 Å². The number of H-pyrrole nitrogens is 1. The lowest BCUT2D eigenvalue weighted by Crippen LogP contribution is -2.13. The first kappa shape index (κ1) is 17.2. The molecule has 4 rings (SSSR count). The van der Waals surface area contributed by atoms with E-state index in [-0.39, 0.29) is 4.90 Å². The molecule has 0 atom stereocenters. The maximum absolute atomic E-state index is 12.5. The monoisotopic (exact) mass is 379 g/mol. The van der Waals surface area contributed by atoms with E-state index in [1.165, 1.54) is 18.6 Å². The molecular weight excluding hydrogens is 362 g/mol. The van der Waals surface area contributed by atoms with Crippen LogP contribution in [0, 0.1) is 13.8 Å². The highest BCUT2D eigenvalue weighted by molar-refractivity contribution is 7.92. The smallest absolute Gasteiger partial charge is 0.263 e. The second-order valence-corrected chi connectivity index (χ2v) is 7.94. The molecule has 1 aromatic carbocycles. The molecular formula is C19H17N5O2S. The molecule has 0 unspecified atom stereocenters. The van der Waals surface area contributed by atoms with E-state index in [2.05, 4.69) is 24.7 Å². The lowest BCUT2D eigenvalue weighted by molar-refractivity contribution is 0.601. The summed E-state index contributed by atoms with van der Waals surface area (Å²) in [4.78, 5) is 15.9. The minimum absolute atomic E-state index is 0.123. The van der Waals surface area contributed by atoms with Crippen molar-refractivity contribution in [3.05, 3.63) is 66.4 Å². The van der Waals surface area contributed by atoms with E-state index in [0.29, 0.717) is 5.69 Å². The number of nitrogens with zero attached hydrogens (tertiary/aromatic N) is 3. The Hall–Kier alpha value is -3.26. The summed E-state index contributed by atoms with van der Waals surface area (Å²) >= 11 is 0. The normalized spacial score (nSPS) is 11.6. The number of hydrogen-bond acceptors (Lipinski definition) is 5. The molecule has 0 saturated carbocycles. The lowest BCUT2D eigenvalue weighted by atomic mass is 10.1. The summed E-state index contributed by atoms with van der Waals surface area (Å²) in [6.45, 7) is 3.77. The molecule has 0 radical (unpaired) electrons. The van der Waals surface area contributed by atoms with Crippen molar-refractivity contribution < 1.29 is 8.42 Å². The Morgan fingerprint density at radius 1 is 0.963 bits per heavy atom. The number of hydrogen-bond donors (Lipinski definition) is 2. The minimum atomic E-state index is -3.68. The van der Waals surface area contributed by atoms with Gasteiger partial charge in [0.1, 0.15) is 16.9 Å². The van der Waals surface area contributed by atoms with E-state index in [1.54, 1.807) is 25.1 Å². The molecule has 0 bridgehead atoms. The number of anilines is 1. The molecule has 4 aromatic rings. The maximum Gasteiger partial charge on any atom is 0.263 e. The van der Waals surface area contributed by atoms with E-state index in [0.717, 1.165) is 33.7 Å². The summed E-state index contributed by atoms with van der Waals surface area (Å²) < 4.78 is 27.5. The van der Waals surface area contributed by atoms with Crippen molar-refractivity contribution in [2.45, 2.75) is 18.7 Å². The zero-order valence-corrected chi connectivity index (χ0v) is 15.6. The van der Waals surface area contributed by atoms with Crippen LogP contribution in [0.2, 0.25) is 0 Å². The SMILES string of the molecule is Cc1ccc(S(=O)(=O)Nc2ccc(-c3ncnc4[nH]c(C)cc34)cc2)cn1. The standard InChI is InChI=1S/C19H17N5O2S/c1-12-3-8-16(10-20-12)27(25,26)24-15-6-4-14(5-7-15)18-17-9-13(2)23-19(17)22-11-21-18/h3-11,24H,1-2H3,(H,21,22,23). The van der Waals surface area contributed by atoms with Gasteiger partial charge in [-0.2, -0.15) is 0 Å². The zero-order valence-electron chi connectivity index (χ0n) is 14.8. The van der Waals surface area contributed by atoms with Crippen molar-refractivity contribution in [2.24, 2.45) is 0 Å². The van der Waals surface area contributed by atoms with Gasteiger partial charge in [0.2, 0.25) is 0 Å². The number of aromatic nitrogens is 4. The van der Waals surface area contributed by atoms with Gasteiger partial charge in [-0.25, -0.2) is 18.4 Å². The van der Waals surface area contributed by atoms with E-state index < -0.39 is 10.0 Å². The number of rotatable bonds is 4. The summed E-state index contributed by atoms with van der Waals surface area (Å²) in [5.41, 5.74) is 4.67. The van der Waals surface area contributed by atoms with Crippen molar-refractivity contribution in [3.8, 4) is 11.3 Å². The molecule has 0 spiro atoms. The van der Waals surface area contributed by atoms with Gasteiger partial charge in [-0.15, -0.1) is 0 Å². The summed E-state index contributed by atoms with van der Waals surface area (Å²) in [6.07, 6.45) is 2.85. The highest BCUT2D eigenvalue weighted by atomic mass is 32.2. The molecule has 7 nitrogen and oxygen atoms in total. The minimum Gasteiger partial charge on any atom is -0.343 e. The number of nitrogens with one attached hydrogen (secondary N) is 2. The predicted molar refractivity (Wildman–Crippen MR) is 104 cm³/mol. The van der Waals surface area contributed by atoms with Crippen molar-refractivity contribution in [2.75, 3.05) is 4.72 Å². The fourth-order valence-electron chi connectivity index (χ4n) is 2.82. The van der Waals surface area contributed by atoms with Crippen LogP contribution in [0.5, 0.6) is 0 Å². The van der Waals surface area contributed by atoms with Crippen LogP contribution in [0.3, 0.4) is 0 Å². The van der Waals surface area contributed by atoms with Crippen LogP contribution in [0.1, 0.15) is 11.4 Å². The van der Waals surface area contributed by atoms with Crippen LogP contribution in [0.4, 0.5) is 5.69 Å². The van der Waals surface area contributed by atoms with Crippen LogP contribution >= 0.6 is 0 Å². The van der Waals surface area contributed by atoms with Crippen LogP contribution in [-0.4, -0.2) is 28.4 Å². The third kappa shape index (κ3) is 3.39. The van der Waals surface area contributed by atoms with Crippen molar-refractivity contribution >= 4 is 26.7 Å². The Balaban J connectivity index is 1.63. The second kappa shape index (κ2) is 6.48. The van der Waals surface area contributed by atoms with Gasteiger partial charge in [0, 0.05) is 34.2 Å². The fraction of sp³-hybridized carbons (Fsp3) is 0.105. The van der Waals surface area contributed by atoms with Crippen molar-refractivity contribution in [3.63, 3.8) is 0 Å². The summed E-state index contributed by atoms with van der Waals surface area (Å²) in [7, 11) is -3.68. The highest BCUT2D eigenvalue weighted by Gasteiger charge is 2.15. The predicted octanol–water partition coefficient (Wildman–Crippen LogP) is 3.44. The summed E-state index contributed by atoms with van der Waals surface area (Å²) in [5, 5.41) is 0.925. The molecule has 0 aliphatic heterocycles. The number of aryl methyl sites for hydroxylation is 2. The first-order valence-corrected chi connectivity index (χ1v) is 9.77. The molecule has 0 aliphatic rings. The van der Waals surface area contributed by atoms with Gasteiger partial charge >= 0.3 is 0 Å². The van der Waals surface area contributed by atoms with Crippen LogP contribution in [-0.2, 0) is 10.0 Å². The molecule has 136 valence electrons. The van der Waals surface area contributed by atoms with Crippen LogP contribution in [0.15, 0.2) is 59.9 Å². The fourth-order valence-corrected chi connectivity index (χ4v) is 3.83. The van der Waals surface area contributed by atoms with E-state index in [9.17, 15) is 8.42 Å². The summed E-state index contributed by atoms with van der Waals surface area (Å²) in [6, 6.07) is 12.3. The molecule has 8 heteroatoms. The topological polar surface area (TPSA) is 101 Å². The first-order chi connectivity index (χ1) is 12.9. The molecule has 0 saturated heterocycles. The van der Waals surface area contributed by atoms with Crippen molar-refractivity contribution in [1.82, 2.24) is 19.9 Å². The molecule has 0 fully saturated rings. The van der Waals surface area contributed by atoms with Gasteiger partial charge in [-0.3, -0.25) is 9.71 Å². The Morgan fingerprint density at radius 3 is 2.44 bits per heavy atom. The second-order valence-electron chi connectivity index (χ2n) is 6.26. The molecule has 0 aliphatic carbocycles. The third-order valence-corrected chi connectivity index (χ3v) is 5.53. The van der Waals surface area contributed by atoms with Gasteiger partial charge in [0.15, 0.2) is 0 Å². The zero-order chi connectivity index (χ0) is 19.0. The van der Waals surface area contributed by atoms with Crippen LogP contribution in [0.25, 0.3) is 22.3 Å². The molecule has 3 aromatic heterocycles. The van der Waals surface area contributed by atoms with Gasteiger partial charge < -0.3 is 4.98 Å². The Morgan fingerprint density at radius 2 is 1.74 bits per heavy atom. The highest BCUT2D eigenvalue weighted by Crippen LogP contribution is 2.27. The number of aromatic amines is 1. The summed E-state index contributed by atoms with van der Waals surface area (Å²) in [5.74, 6) is 0. The largest absolute Gasteiger partial charge is 0.343 e. The van der Waals surface area contributed by atoms with E-state index in [1.807, 2.05) is 25.1 Å². The van der Waals surface area contributed by atoms with Gasteiger partial charge in [0.25, 0.3) is 10.0 Å². The van der Waals surface area contributed by atoms with Gasteiger partial charge in [-0.1, -0.05) is 12.1 Å². The number of fused-ring (bicyclic) bond motifs is 1. The molecule has 2 N–H and O–H groups in total. The Bertz CT molecular complexity index is 1210. The van der Waals surface area contributed by atoms with E-state index >= 15 is 0 Å². The Labute approximate surface area is 156 Å².